The first-order valence-electron chi connectivity index (χ1n) is 12.4. The number of carbonyl (C=O) groups excluding carboxylic acids is 3. The number of nitrogens with zero attached hydrogens (tertiary/aromatic N) is 1. The van der Waals surface area contributed by atoms with Gasteiger partial charge in [0.1, 0.15) is 6.10 Å². The third-order valence-corrected chi connectivity index (χ3v) is 7.35. The van der Waals surface area contributed by atoms with Gasteiger partial charge < -0.3 is 15.0 Å². The minimum atomic E-state index is -0.459. The summed E-state index contributed by atoms with van der Waals surface area (Å²) in [5, 5.41) is 6.75. The van der Waals surface area contributed by atoms with E-state index in [0.717, 1.165) is 29.8 Å². The van der Waals surface area contributed by atoms with Crippen molar-refractivity contribution in [2.45, 2.75) is 30.7 Å². The van der Waals surface area contributed by atoms with Gasteiger partial charge in [-0.05, 0) is 30.5 Å². The number of benzene rings is 3. The van der Waals surface area contributed by atoms with Crippen molar-refractivity contribution in [3.05, 3.63) is 77.3 Å². The number of carbonyl (C=O) groups is 2. The SMILES string of the molecule is C=[O+]c1cc(NC(=O)CCN2CCC(OC(=O)Nc3ccccc3-c3ccccc3)CC2)c(Cl)cc1CBr. The number of piperidine rings is 1. The first kappa shape index (κ1) is 27.8. The van der Waals surface area contributed by atoms with Crippen molar-refractivity contribution < 1.29 is 18.8 Å². The van der Waals surface area contributed by atoms with Crippen LogP contribution < -0.4 is 10.6 Å². The van der Waals surface area contributed by atoms with Crippen molar-refractivity contribution >= 4 is 57.7 Å². The molecule has 3 aromatic rings. The Morgan fingerprint density at radius 1 is 1.03 bits per heavy atom. The van der Waals surface area contributed by atoms with Crippen LogP contribution in [0, 0.1) is 0 Å². The highest BCUT2D eigenvalue weighted by molar-refractivity contribution is 9.08. The van der Waals surface area contributed by atoms with Gasteiger partial charge >= 0.3 is 11.8 Å². The number of rotatable bonds is 9. The average Bonchev–Trinajstić information content (AvgIpc) is 2.94. The molecular weight excluding hydrogens is 570 g/mol. The van der Waals surface area contributed by atoms with Crippen LogP contribution in [0.15, 0.2) is 66.7 Å². The number of hydrogen-bond donors (Lipinski definition) is 2. The van der Waals surface area contributed by atoms with E-state index >= 15 is 0 Å². The first-order valence-corrected chi connectivity index (χ1v) is 13.9. The summed E-state index contributed by atoms with van der Waals surface area (Å²) in [5.74, 6) is 0.416. The number of para-hydroxylation sites is 1. The Balaban J connectivity index is 1.22. The summed E-state index contributed by atoms with van der Waals surface area (Å²) in [5.41, 5.74) is 4.01. The highest BCUT2D eigenvalue weighted by Gasteiger charge is 2.23. The van der Waals surface area contributed by atoms with Crippen LogP contribution in [0.4, 0.5) is 16.2 Å². The lowest BCUT2D eigenvalue weighted by Crippen LogP contribution is -2.39. The lowest BCUT2D eigenvalue weighted by molar-refractivity contribution is -0.355. The first-order chi connectivity index (χ1) is 18.5. The number of anilines is 2. The molecule has 0 aliphatic carbocycles. The number of likely N-dealkylation sites (tertiary alicyclic amines) is 1. The number of nitrogens with one attached hydrogen (secondary N) is 2. The molecule has 0 bridgehead atoms. The van der Waals surface area contributed by atoms with Crippen LogP contribution in [0.2, 0.25) is 5.02 Å². The zero-order valence-electron chi connectivity index (χ0n) is 20.9. The van der Waals surface area contributed by atoms with E-state index in [0.29, 0.717) is 53.3 Å². The minimum absolute atomic E-state index is 0.136. The van der Waals surface area contributed by atoms with Crippen molar-refractivity contribution in [2.24, 2.45) is 0 Å². The second-order valence-electron chi connectivity index (χ2n) is 9.00. The van der Waals surface area contributed by atoms with Crippen molar-refractivity contribution in [1.82, 2.24) is 4.90 Å². The topological polar surface area (TPSA) is 82.0 Å². The molecular formula is C29H30BrClN3O4+. The van der Waals surface area contributed by atoms with E-state index in [1.807, 2.05) is 54.6 Å². The zero-order chi connectivity index (χ0) is 26.9. The van der Waals surface area contributed by atoms with Crippen molar-refractivity contribution in [2.75, 3.05) is 30.3 Å². The van der Waals surface area contributed by atoms with Gasteiger partial charge in [0, 0.05) is 36.9 Å². The monoisotopic (exact) mass is 598 g/mol. The fourth-order valence-electron chi connectivity index (χ4n) is 4.40. The zero-order valence-corrected chi connectivity index (χ0v) is 23.3. The van der Waals surface area contributed by atoms with Crippen LogP contribution in [0.1, 0.15) is 24.8 Å². The molecule has 1 aliphatic heterocycles. The lowest BCUT2D eigenvalue weighted by atomic mass is 10.0. The largest absolute Gasteiger partial charge is 0.446 e. The van der Waals surface area contributed by atoms with Gasteiger partial charge in [0.15, 0.2) is 0 Å². The molecule has 1 heterocycles. The number of alkyl halides is 1. The molecule has 7 nitrogen and oxygen atoms in total. The maximum absolute atomic E-state index is 12.6. The molecule has 0 spiro atoms. The molecule has 3 aromatic carbocycles. The van der Waals surface area contributed by atoms with Crippen molar-refractivity contribution in [3.8, 4) is 16.9 Å². The van der Waals surface area contributed by atoms with E-state index in [2.05, 4.69) is 38.3 Å². The predicted octanol–water partition coefficient (Wildman–Crippen LogP) is 7.02. The average molecular weight is 600 g/mol. The molecule has 1 aliphatic rings. The standard InChI is InChI=1S/C29H29BrClN3O4/c1-37-27-18-26(24(31)17-21(27)19-30)32-28(35)13-16-34-14-11-22(12-15-34)38-29(36)33-25-10-6-5-9-23(25)20-7-3-2-4-8-20/h2-10,17-18,22H,1,11-16,19H2,(H-,32,33,35,36)/p+1. The predicted molar refractivity (Wildman–Crippen MR) is 155 cm³/mol. The van der Waals surface area contributed by atoms with E-state index in [1.165, 1.54) is 0 Å². The van der Waals surface area contributed by atoms with Crippen LogP contribution in [0.5, 0.6) is 5.75 Å². The van der Waals surface area contributed by atoms with E-state index in [1.54, 1.807) is 12.1 Å². The summed E-state index contributed by atoms with van der Waals surface area (Å²) in [6.45, 7) is 5.54. The van der Waals surface area contributed by atoms with Gasteiger partial charge in [0.05, 0.1) is 28.0 Å². The number of hydrogen-bond acceptors (Lipinski definition) is 4. The molecule has 0 aromatic heterocycles. The summed E-state index contributed by atoms with van der Waals surface area (Å²) in [4.78, 5) is 27.4. The summed E-state index contributed by atoms with van der Waals surface area (Å²) in [6.07, 6.45) is 1.11. The molecule has 38 heavy (non-hydrogen) atoms. The Morgan fingerprint density at radius 2 is 1.74 bits per heavy atom. The van der Waals surface area contributed by atoms with Gasteiger partial charge in [-0.15, -0.1) is 0 Å². The lowest BCUT2D eigenvalue weighted by Gasteiger charge is -2.31. The Bertz CT molecular complexity index is 1280. The van der Waals surface area contributed by atoms with Gasteiger partial charge in [0.2, 0.25) is 5.91 Å². The summed E-state index contributed by atoms with van der Waals surface area (Å²) >= 11 is 9.69. The fraction of sp³-hybridized carbons (Fsp3) is 0.276. The Labute approximate surface area is 236 Å². The molecule has 4 rings (SSSR count). The van der Waals surface area contributed by atoms with E-state index in [9.17, 15) is 9.59 Å². The van der Waals surface area contributed by atoms with Gasteiger partial charge in [-0.3, -0.25) is 10.1 Å². The van der Waals surface area contributed by atoms with Crippen LogP contribution in [-0.2, 0) is 19.3 Å². The Hall–Kier alpha value is -3.20. The number of amides is 2. The van der Waals surface area contributed by atoms with Crippen LogP contribution in [0.25, 0.3) is 11.1 Å². The smallest absolute Gasteiger partial charge is 0.411 e. The van der Waals surface area contributed by atoms with Gasteiger partial charge in [-0.2, -0.15) is 0 Å². The molecule has 0 radical (unpaired) electrons. The number of ether oxygens (including phenoxy) is 1. The van der Waals surface area contributed by atoms with E-state index < -0.39 is 6.09 Å². The molecule has 0 saturated carbocycles. The summed E-state index contributed by atoms with van der Waals surface area (Å²) < 4.78 is 10.8. The molecule has 2 N–H and O–H groups in total. The molecule has 1 fully saturated rings. The van der Waals surface area contributed by atoms with E-state index in [-0.39, 0.29) is 12.0 Å². The maximum Gasteiger partial charge on any atom is 0.411 e. The second kappa shape index (κ2) is 13.6. The normalized spacial score (nSPS) is 14.1. The molecule has 9 heteroatoms. The Morgan fingerprint density at radius 3 is 2.45 bits per heavy atom. The van der Waals surface area contributed by atoms with Crippen LogP contribution >= 0.6 is 27.5 Å². The maximum atomic E-state index is 12.6. The van der Waals surface area contributed by atoms with Crippen LogP contribution in [-0.4, -0.2) is 49.4 Å². The highest BCUT2D eigenvalue weighted by atomic mass is 79.9. The van der Waals surface area contributed by atoms with Gasteiger partial charge in [-0.1, -0.05) is 76.1 Å². The fourth-order valence-corrected chi connectivity index (χ4v) is 5.08. The van der Waals surface area contributed by atoms with Gasteiger partial charge in [0.25, 0.3) is 6.79 Å². The molecule has 2 amide bonds. The third-order valence-electron chi connectivity index (χ3n) is 6.44. The molecule has 198 valence electrons. The highest BCUT2D eigenvalue weighted by Crippen LogP contribution is 2.32. The molecule has 0 unspecified atom stereocenters. The number of halogens is 2. The summed E-state index contributed by atoms with van der Waals surface area (Å²) in [7, 11) is 0. The molecule has 0 atom stereocenters. The van der Waals surface area contributed by atoms with Crippen molar-refractivity contribution in [3.63, 3.8) is 0 Å². The quantitative estimate of drug-likeness (QED) is 0.205. The Kier molecular flexibility index (Phi) is 9.92. The molecule has 1 saturated heterocycles. The van der Waals surface area contributed by atoms with E-state index in [4.69, 9.17) is 20.8 Å². The summed E-state index contributed by atoms with van der Waals surface area (Å²) in [6, 6.07) is 21.0. The minimum Gasteiger partial charge on any atom is -0.446 e. The third kappa shape index (κ3) is 7.43. The van der Waals surface area contributed by atoms with Crippen LogP contribution in [0.3, 0.4) is 0 Å². The second-order valence-corrected chi connectivity index (χ2v) is 9.97. The van der Waals surface area contributed by atoms with Crippen molar-refractivity contribution in [1.29, 1.82) is 0 Å². The van der Waals surface area contributed by atoms with Gasteiger partial charge in [-0.25, -0.2) is 9.22 Å².